The maximum absolute atomic E-state index is 12.8. The molecular formula is C70H114O6. The van der Waals surface area contributed by atoms with Gasteiger partial charge < -0.3 is 14.2 Å². The molecule has 0 heterocycles. The zero-order valence-corrected chi connectivity index (χ0v) is 49.2. The molecule has 0 aliphatic heterocycles. The average Bonchev–Trinajstić information content (AvgIpc) is 3.42. The number of hydrogen-bond acceptors (Lipinski definition) is 6. The Morgan fingerprint density at radius 3 is 0.842 bits per heavy atom. The van der Waals surface area contributed by atoms with Gasteiger partial charge in [0.1, 0.15) is 13.2 Å². The lowest BCUT2D eigenvalue weighted by Crippen LogP contribution is -2.30. The molecule has 0 radical (unpaired) electrons. The summed E-state index contributed by atoms with van der Waals surface area (Å²) < 4.78 is 16.8. The third kappa shape index (κ3) is 60.4. The number of allylic oxidation sites excluding steroid dienone is 22. The molecule has 0 fully saturated rings. The highest BCUT2D eigenvalue weighted by atomic mass is 16.6. The van der Waals surface area contributed by atoms with Gasteiger partial charge in [0.25, 0.3) is 0 Å². The lowest BCUT2D eigenvalue weighted by Gasteiger charge is -2.18. The monoisotopic (exact) mass is 1050 g/mol. The Morgan fingerprint density at radius 2 is 0.513 bits per heavy atom. The van der Waals surface area contributed by atoms with E-state index in [2.05, 4.69) is 154 Å². The Labute approximate surface area is 468 Å². The molecule has 0 rings (SSSR count). The molecule has 0 aromatic carbocycles. The molecule has 1 atom stereocenters. The van der Waals surface area contributed by atoms with Crippen LogP contribution in [0.5, 0.6) is 0 Å². The summed E-state index contributed by atoms with van der Waals surface area (Å²) in [7, 11) is 0. The minimum atomic E-state index is -0.799. The van der Waals surface area contributed by atoms with Crippen LogP contribution in [0.1, 0.15) is 271 Å². The minimum absolute atomic E-state index is 0.0949. The molecule has 76 heavy (non-hydrogen) atoms. The van der Waals surface area contributed by atoms with Crippen molar-refractivity contribution in [1.29, 1.82) is 0 Å². The SMILES string of the molecule is CC/C=C\C/C=C\C/C=C\C/C=C\C/C=C\C/C=C\C/C=C\C/C=C\C/C=C\C/C=C\CCCCC(=O)OCC(COC(=O)CCCCCCCCCC)OC(=O)CCCCCCCCC/C=C\CCCCCCCC. The molecule has 0 saturated heterocycles. The van der Waals surface area contributed by atoms with E-state index in [0.29, 0.717) is 25.7 Å². The van der Waals surface area contributed by atoms with Crippen molar-refractivity contribution in [1.82, 2.24) is 0 Å². The van der Waals surface area contributed by atoms with Crippen LogP contribution in [0, 0.1) is 0 Å². The number of carbonyl (C=O) groups excluding carboxylic acids is 3. The van der Waals surface area contributed by atoms with Crippen LogP contribution in [-0.2, 0) is 28.6 Å². The molecule has 0 aromatic rings. The van der Waals surface area contributed by atoms with Crippen molar-refractivity contribution < 1.29 is 28.6 Å². The highest BCUT2D eigenvalue weighted by Gasteiger charge is 2.19. The van der Waals surface area contributed by atoms with Crippen molar-refractivity contribution in [3.63, 3.8) is 0 Å². The highest BCUT2D eigenvalue weighted by Crippen LogP contribution is 2.14. The molecule has 1 unspecified atom stereocenters. The summed E-state index contributed by atoms with van der Waals surface area (Å²) in [6.45, 7) is 6.45. The maximum Gasteiger partial charge on any atom is 0.306 e. The van der Waals surface area contributed by atoms with Gasteiger partial charge in [0.15, 0.2) is 6.10 Å². The van der Waals surface area contributed by atoms with E-state index in [4.69, 9.17) is 14.2 Å². The lowest BCUT2D eigenvalue weighted by atomic mass is 10.1. The summed E-state index contributed by atoms with van der Waals surface area (Å²) in [5.41, 5.74) is 0. The maximum atomic E-state index is 12.8. The second-order valence-electron chi connectivity index (χ2n) is 20.2. The van der Waals surface area contributed by atoms with Crippen LogP contribution in [0.3, 0.4) is 0 Å². The molecule has 0 aliphatic carbocycles. The number of carbonyl (C=O) groups is 3. The van der Waals surface area contributed by atoms with Gasteiger partial charge in [-0.25, -0.2) is 0 Å². The molecule has 6 heteroatoms. The van der Waals surface area contributed by atoms with E-state index in [9.17, 15) is 14.4 Å². The molecule has 430 valence electrons. The Morgan fingerprint density at radius 1 is 0.276 bits per heavy atom. The molecule has 0 aromatic heterocycles. The molecule has 0 saturated carbocycles. The number of ether oxygens (including phenoxy) is 3. The molecule has 0 spiro atoms. The zero-order chi connectivity index (χ0) is 55.0. The van der Waals surface area contributed by atoms with Crippen molar-refractivity contribution in [2.75, 3.05) is 13.2 Å². The average molecular weight is 1050 g/mol. The van der Waals surface area contributed by atoms with Crippen LogP contribution in [0.25, 0.3) is 0 Å². The van der Waals surface area contributed by atoms with Crippen LogP contribution in [-0.4, -0.2) is 37.2 Å². The van der Waals surface area contributed by atoms with E-state index >= 15 is 0 Å². The third-order valence-corrected chi connectivity index (χ3v) is 12.9. The van der Waals surface area contributed by atoms with E-state index < -0.39 is 6.10 Å². The van der Waals surface area contributed by atoms with Crippen LogP contribution < -0.4 is 0 Å². The van der Waals surface area contributed by atoms with Crippen LogP contribution in [0.4, 0.5) is 0 Å². The molecular weight excluding hydrogens is 937 g/mol. The summed E-state index contributed by atoms with van der Waals surface area (Å²) in [6.07, 6.45) is 89.0. The number of rotatable bonds is 55. The van der Waals surface area contributed by atoms with E-state index in [1.54, 1.807) is 0 Å². The van der Waals surface area contributed by atoms with Gasteiger partial charge in [-0.05, 0) is 122 Å². The zero-order valence-electron chi connectivity index (χ0n) is 49.2. The fraction of sp³-hybridized carbons (Fsp3) is 0.643. The van der Waals surface area contributed by atoms with Gasteiger partial charge in [-0.15, -0.1) is 0 Å². The Hall–Kier alpha value is -4.45. The van der Waals surface area contributed by atoms with Crippen LogP contribution in [0.2, 0.25) is 0 Å². The fourth-order valence-corrected chi connectivity index (χ4v) is 8.23. The first-order valence-electron chi connectivity index (χ1n) is 31.2. The van der Waals surface area contributed by atoms with Gasteiger partial charge in [-0.1, -0.05) is 264 Å². The van der Waals surface area contributed by atoms with Crippen molar-refractivity contribution in [2.45, 2.75) is 277 Å². The summed E-state index contributed by atoms with van der Waals surface area (Å²) in [5, 5.41) is 0. The first-order valence-corrected chi connectivity index (χ1v) is 31.2. The number of esters is 3. The van der Waals surface area contributed by atoms with Gasteiger partial charge in [-0.3, -0.25) is 14.4 Å². The number of hydrogen-bond donors (Lipinski definition) is 0. The number of unbranched alkanes of at least 4 members (excludes halogenated alkanes) is 22. The topological polar surface area (TPSA) is 78.9 Å². The second kappa shape index (κ2) is 63.1. The van der Waals surface area contributed by atoms with Crippen LogP contribution in [0.15, 0.2) is 134 Å². The molecule has 0 N–H and O–H groups in total. The predicted octanol–water partition coefficient (Wildman–Crippen LogP) is 21.4. The summed E-state index contributed by atoms with van der Waals surface area (Å²) in [5.74, 6) is -0.950. The van der Waals surface area contributed by atoms with E-state index in [-0.39, 0.29) is 31.1 Å². The van der Waals surface area contributed by atoms with E-state index in [0.717, 1.165) is 116 Å². The minimum Gasteiger partial charge on any atom is -0.462 e. The third-order valence-electron chi connectivity index (χ3n) is 12.9. The molecule has 0 bridgehead atoms. The van der Waals surface area contributed by atoms with Gasteiger partial charge in [-0.2, -0.15) is 0 Å². The second-order valence-corrected chi connectivity index (χ2v) is 20.2. The van der Waals surface area contributed by atoms with Crippen molar-refractivity contribution >= 4 is 17.9 Å². The Bertz CT molecular complexity index is 1630. The fourth-order valence-electron chi connectivity index (χ4n) is 8.23. The van der Waals surface area contributed by atoms with Gasteiger partial charge in [0.2, 0.25) is 0 Å². The summed E-state index contributed by atoms with van der Waals surface area (Å²) in [4.78, 5) is 38.0. The molecule has 0 amide bonds. The van der Waals surface area contributed by atoms with E-state index in [1.165, 1.54) is 109 Å². The summed E-state index contributed by atoms with van der Waals surface area (Å²) >= 11 is 0. The van der Waals surface area contributed by atoms with Crippen molar-refractivity contribution in [3.05, 3.63) is 134 Å². The standard InChI is InChI=1S/C70H114O6/c1-4-7-10-13-16-19-21-23-25-27-28-29-30-31-32-33-34-35-36-37-38-39-40-41-42-44-45-47-49-51-54-57-60-63-69(72)75-66-67(65-74-68(71)62-59-56-53-18-15-12-9-6-3)76-70(73)64-61-58-55-52-50-48-46-43-26-24-22-20-17-14-11-8-5-2/h7,10,16,19,23-26,28-29,31-32,34-35,37-38,40-41,44-45,49,51,67H,4-6,8-9,11-15,17-18,20-22,27,30,33,36,39,42-43,46-48,50,52-66H2,1-3H3/b10-7-,19-16-,25-23-,26-24-,29-28-,32-31-,35-34-,38-37-,41-40-,45-44-,51-49-. The normalized spacial score (nSPS) is 13.0. The lowest BCUT2D eigenvalue weighted by molar-refractivity contribution is -0.167. The Kier molecular flexibility index (Phi) is 59.4. The molecule has 0 aliphatic rings. The Balaban J connectivity index is 4.29. The van der Waals surface area contributed by atoms with Gasteiger partial charge >= 0.3 is 17.9 Å². The van der Waals surface area contributed by atoms with Crippen molar-refractivity contribution in [3.8, 4) is 0 Å². The highest BCUT2D eigenvalue weighted by molar-refractivity contribution is 5.71. The summed E-state index contributed by atoms with van der Waals surface area (Å²) in [6, 6.07) is 0. The first kappa shape index (κ1) is 71.5. The van der Waals surface area contributed by atoms with Crippen molar-refractivity contribution in [2.24, 2.45) is 0 Å². The van der Waals surface area contributed by atoms with Gasteiger partial charge in [0, 0.05) is 19.3 Å². The largest absolute Gasteiger partial charge is 0.462 e. The molecule has 6 nitrogen and oxygen atoms in total. The van der Waals surface area contributed by atoms with Gasteiger partial charge in [0.05, 0.1) is 0 Å². The smallest absolute Gasteiger partial charge is 0.306 e. The van der Waals surface area contributed by atoms with E-state index in [1.807, 2.05) is 0 Å². The quantitative estimate of drug-likeness (QED) is 0.0261. The van der Waals surface area contributed by atoms with Crippen LogP contribution >= 0.6 is 0 Å². The predicted molar refractivity (Wildman–Crippen MR) is 329 cm³/mol. The first-order chi connectivity index (χ1) is 37.5.